The molecule has 138 valence electrons. The predicted octanol–water partition coefficient (Wildman–Crippen LogP) is 4.85. The van der Waals surface area contributed by atoms with Crippen LogP contribution in [0.5, 0.6) is 5.75 Å². The van der Waals surface area contributed by atoms with Crippen molar-refractivity contribution in [3.05, 3.63) is 70.7 Å². The number of benzene rings is 2. The molecule has 0 bridgehead atoms. The van der Waals surface area contributed by atoms with Crippen molar-refractivity contribution in [2.24, 2.45) is 0 Å². The van der Waals surface area contributed by atoms with E-state index in [4.69, 9.17) is 4.74 Å². The molecule has 27 heavy (non-hydrogen) atoms. The van der Waals surface area contributed by atoms with Gasteiger partial charge in [0.15, 0.2) is 0 Å². The zero-order chi connectivity index (χ0) is 19.1. The third kappa shape index (κ3) is 5.01. The standard InChI is InChI=1S/C21H21N3O2S/c1-3-18(16-7-5-4-6-8-16)20(25)22-21-24-23-19(27-21)14-11-15-9-12-17(26-2)13-10-15/h4-14,18H,3H2,1-2H3,(H,22,24,25). The van der Waals surface area contributed by atoms with Crippen LogP contribution in [-0.2, 0) is 4.79 Å². The molecule has 0 aliphatic carbocycles. The minimum absolute atomic E-state index is 0.0643. The topological polar surface area (TPSA) is 64.1 Å². The molecule has 1 heterocycles. The van der Waals surface area contributed by atoms with Crippen molar-refractivity contribution in [2.75, 3.05) is 12.4 Å². The van der Waals surface area contributed by atoms with Crippen LogP contribution >= 0.6 is 11.3 Å². The minimum Gasteiger partial charge on any atom is -0.497 e. The SMILES string of the molecule is CCC(C(=O)Nc1nnc(C=Cc2ccc(OC)cc2)s1)c1ccccc1. The number of hydrogen-bond donors (Lipinski definition) is 1. The Kier molecular flexibility index (Phi) is 6.33. The first-order valence-electron chi connectivity index (χ1n) is 8.71. The Morgan fingerprint density at radius 2 is 1.85 bits per heavy atom. The number of aromatic nitrogens is 2. The second-order valence-corrected chi connectivity index (χ2v) is 6.92. The highest BCUT2D eigenvalue weighted by atomic mass is 32.1. The highest BCUT2D eigenvalue weighted by Gasteiger charge is 2.19. The molecular formula is C21H21N3O2S. The first-order chi connectivity index (χ1) is 13.2. The van der Waals surface area contributed by atoms with E-state index in [0.717, 1.165) is 28.3 Å². The third-order valence-electron chi connectivity index (χ3n) is 4.13. The van der Waals surface area contributed by atoms with E-state index >= 15 is 0 Å². The molecule has 0 saturated heterocycles. The first-order valence-corrected chi connectivity index (χ1v) is 9.52. The van der Waals surface area contributed by atoms with Crippen molar-refractivity contribution in [3.8, 4) is 5.75 Å². The predicted molar refractivity (Wildman–Crippen MR) is 110 cm³/mol. The Balaban J connectivity index is 1.64. The van der Waals surface area contributed by atoms with Crippen molar-refractivity contribution in [1.29, 1.82) is 0 Å². The van der Waals surface area contributed by atoms with Gasteiger partial charge in [0, 0.05) is 0 Å². The molecule has 2 aromatic carbocycles. The third-order valence-corrected chi connectivity index (χ3v) is 4.94. The van der Waals surface area contributed by atoms with Gasteiger partial charge in [-0.25, -0.2) is 0 Å². The maximum atomic E-state index is 12.6. The van der Waals surface area contributed by atoms with Crippen LogP contribution in [0.3, 0.4) is 0 Å². The van der Waals surface area contributed by atoms with Gasteiger partial charge in [0.25, 0.3) is 0 Å². The summed E-state index contributed by atoms with van der Waals surface area (Å²) in [6.07, 6.45) is 4.55. The van der Waals surface area contributed by atoms with Gasteiger partial charge in [-0.05, 0) is 35.8 Å². The molecule has 0 aliphatic rings. The van der Waals surface area contributed by atoms with Crippen LogP contribution in [0.15, 0.2) is 54.6 Å². The first kappa shape index (κ1) is 18.8. The van der Waals surface area contributed by atoms with Crippen LogP contribution in [0, 0.1) is 0 Å². The van der Waals surface area contributed by atoms with Crippen LogP contribution in [0.2, 0.25) is 0 Å². The number of nitrogens with one attached hydrogen (secondary N) is 1. The molecule has 3 aromatic rings. The van der Waals surface area contributed by atoms with Gasteiger partial charge >= 0.3 is 0 Å². The van der Waals surface area contributed by atoms with Gasteiger partial charge in [-0.3, -0.25) is 10.1 Å². The van der Waals surface area contributed by atoms with Gasteiger partial charge in [-0.2, -0.15) is 0 Å². The average molecular weight is 379 g/mol. The van der Waals surface area contributed by atoms with Crippen molar-refractivity contribution in [1.82, 2.24) is 10.2 Å². The zero-order valence-corrected chi connectivity index (χ0v) is 16.1. The van der Waals surface area contributed by atoms with E-state index in [1.807, 2.05) is 73.7 Å². The van der Waals surface area contributed by atoms with E-state index < -0.39 is 0 Å². The maximum absolute atomic E-state index is 12.6. The minimum atomic E-state index is -0.201. The number of carbonyl (C=O) groups excluding carboxylic acids is 1. The highest BCUT2D eigenvalue weighted by molar-refractivity contribution is 7.16. The summed E-state index contributed by atoms with van der Waals surface area (Å²) < 4.78 is 5.15. The number of hydrogen-bond acceptors (Lipinski definition) is 5. The highest BCUT2D eigenvalue weighted by Crippen LogP contribution is 2.24. The Morgan fingerprint density at radius 3 is 2.52 bits per heavy atom. The number of carbonyl (C=O) groups is 1. The van der Waals surface area contributed by atoms with Gasteiger partial charge in [0.05, 0.1) is 13.0 Å². The molecule has 3 rings (SSSR count). The molecule has 0 saturated carbocycles. The fraction of sp³-hybridized carbons (Fsp3) is 0.190. The number of nitrogens with zero attached hydrogens (tertiary/aromatic N) is 2. The summed E-state index contributed by atoms with van der Waals surface area (Å²) in [7, 11) is 1.64. The fourth-order valence-corrected chi connectivity index (χ4v) is 3.33. The van der Waals surface area contributed by atoms with Crippen LogP contribution < -0.4 is 10.1 Å². The molecule has 0 radical (unpaired) electrons. The number of anilines is 1. The summed E-state index contributed by atoms with van der Waals surface area (Å²) in [6, 6.07) is 17.5. The molecule has 5 nitrogen and oxygen atoms in total. The Bertz CT molecular complexity index is 905. The summed E-state index contributed by atoms with van der Waals surface area (Å²) in [6.45, 7) is 2.00. The summed E-state index contributed by atoms with van der Waals surface area (Å²) >= 11 is 1.35. The van der Waals surface area contributed by atoms with Crippen molar-refractivity contribution >= 4 is 34.5 Å². The van der Waals surface area contributed by atoms with Crippen LogP contribution in [0.25, 0.3) is 12.2 Å². The van der Waals surface area contributed by atoms with Gasteiger partial charge in [-0.15, -0.1) is 10.2 Å². The molecule has 0 fully saturated rings. The second-order valence-electron chi connectivity index (χ2n) is 5.91. The second kappa shape index (κ2) is 9.09. The monoisotopic (exact) mass is 379 g/mol. The number of methoxy groups -OCH3 is 1. The van der Waals surface area contributed by atoms with Gasteiger partial charge in [-0.1, -0.05) is 66.8 Å². The molecule has 0 spiro atoms. The van der Waals surface area contributed by atoms with E-state index in [0.29, 0.717) is 5.13 Å². The summed E-state index contributed by atoms with van der Waals surface area (Å²) in [5.74, 6) is 0.552. The molecule has 1 aromatic heterocycles. The Labute approximate surface area is 162 Å². The fourth-order valence-electron chi connectivity index (χ4n) is 2.69. The number of rotatable bonds is 7. The van der Waals surface area contributed by atoms with E-state index in [9.17, 15) is 4.79 Å². The van der Waals surface area contributed by atoms with Crippen LogP contribution in [0.1, 0.15) is 35.4 Å². The van der Waals surface area contributed by atoms with Crippen molar-refractivity contribution in [3.63, 3.8) is 0 Å². The van der Waals surface area contributed by atoms with E-state index in [1.165, 1.54) is 11.3 Å². The summed E-state index contributed by atoms with van der Waals surface area (Å²) in [5.41, 5.74) is 2.04. The largest absolute Gasteiger partial charge is 0.497 e. The smallest absolute Gasteiger partial charge is 0.233 e. The molecule has 1 unspecified atom stereocenters. The molecule has 1 atom stereocenters. The van der Waals surface area contributed by atoms with E-state index in [2.05, 4.69) is 15.5 Å². The number of amides is 1. The summed E-state index contributed by atoms with van der Waals surface area (Å²) in [5, 5.41) is 12.3. The van der Waals surface area contributed by atoms with E-state index in [-0.39, 0.29) is 11.8 Å². The average Bonchev–Trinajstić information content (AvgIpc) is 3.15. The van der Waals surface area contributed by atoms with Gasteiger partial charge < -0.3 is 4.74 Å². The number of ether oxygens (including phenoxy) is 1. The van der Waals surface area contributed by atoms with Gasteiger partial charge in [0.2, 0.25) is 11.0 Å². The van der Waals surface area contributed by atoms with Crippen molar-refractivity contribution in [2.45, 2.75) is 19.3 Å². The van der Waals surface area contributed by atoms with Crippen LogP contribution in [-0.4, -0.2) is 23.2 Å². The normalized spacial score (nSPS) is 12.1. The molecule has 0 aliphatic heterocycles. The Hall–Kier alpha value is -2.99. The van der Waals surface area contributed by atoms with E-state index in [1.54, 1.807) is 7.11 Å². The van der Waals surface area contributed by atoms with Crippen molar-refractivity contribution < 1.29 is 9.53 Å². The zero-order valence-electron chi connectivity index (χ0n) is 15.3. The Morgan fingerprint density at radius 1 is 1.11 bits per heavy atom. The molecule has 6 heteroatoms. The quantitative estimate of drug-likeness (QED) is 0.637. The lowest BCUT2D eigenvalue weighted by Crippen LogP contribution is -2.20. The lowest BCUT2D eigenvalue weighted by Gasteiger charge is -2.13. The summed E-state index contributed by atoms with van der Waals surface area (Å²) in [4.78, 5) is 12.6. The van der Waals surface area contributed by atoms with Gasteiger partial charge in [0.1, 0.15) is 10.8 Å². The van der Waals surface area contributed by atoms with Crippen LogP contribution in [0.4, 0.5) is 5.13 Å². The lowest BCUT2D eigenvalue weighted by atomic mass is 9.96. The molecule has 1 amide bonds. The lowest BCUT2D eigenvalue weighted by molar-refractivity contribution is -0.117. The maximum Gasteiger partial charge on any atom is 0.233 e. The molecule has 1 N–H and O–H groups in total. The molecular weight excluding hydrogens is 358 g/mol.